The third kappa shape index (κ3) is 5.80. The Balaban J connectivity index is 1.47. The van der Waals surface area contributed by atoms with Crippen molar-refractivity contribution in [2.75, 3.05) is 25.0 Å². The smallest absolute Gasteiger partial charge is 0.255 e. The Labute approximate surface area is 224 Å². The number of benzene rings is 2. The number of piperidine rings is 1. The predicted octanol–water partition coefficient (Wildman–Crippen LogP) is 4.28. The third-order valence-corrected chi connectivity index (χ3v) is 10.7. The van der Waals surface area contributed by atoms with Gasteiger partial charge in [0.15, 0.2) is 0 Å². The first kappa shape index (κ1) is 27.9. The topological polar surface area (TPSA) is 117 Å². The number of pyridine rings is 1. The number of nitrogens with zero attached hydrogens (tertiary/aromatic N) is 3. The van der Waals surface area contributed by atoms with Crippen molar-refractivity contribution in [1.29, 1.82) is 0 Å². The van der Waals surface area contributed by atoms with Crippen molar-refractivity contribution in [3.63, 3.8) is 0 Å². The van der Waals surface area contributed by atoms with Gasteiger partial charge in [0.25, 0.3) is 5.91 Å². The molecule has 38 heavy (non-hydrogen) atoms. The number of hydrogen-bond donors (Lipinski definition) is 1. The van der Waals surface area contributed by atoms with E-state index in [1.54, 1.807) is 38.4 Å². The van der Waals surface area contributed by atoms with Crippen LogP contribution in [0.4, 0.5) is 5.69 Å². The summed E-state index contributed by atoms with van der Waals surface area (Å²) in [7, 11) is -7.37. The number of rotatable bonds is 9. The maximum atomic E-state index is 13.5. The van der Waals surface area contributed by atoms with Gasteiger partial charge < -0.3 is 5.32 Å². The molecule has 2 aromatic carbocycles. The predicted molar refractivity (Wildman–Crippen MR) is 146 cm³/mol. The second-order valence-corrected chi connectivity index (χ2v) is 12.8. The summed E-state index contributed by atoms with van der Waals surface area (Å²) in [5.41, 5.74) is 1.58. The van der Waals surface area contributed by atoms with E-state index in [2.05, 4.69) is 10.3 Å². The van der Waals surface area contributed by atoms with Crippen LogP contribution in [-0.4, -0.2) is 56.0 Å². The molecule has 1 aliphatic heterocycles. The summed E-state index contributed by atoms with van der Waals surface area (Å²) < 4.78 is 55.2. The quantitative estimate of drug-likeness (QED) is 0.421. The standard InChI is InChI=1S/C27H32N4O5S2/c1-3-30(4-2)37(33,34)24-14-10-21(11-15-24)27(32)29-23-12-16-25(17-13-23)38(35,36)31-19-6-5-9-26(31)22-8-7-18-28-20-22/h7-8,10-18,20,26H,3-6,9,19H2,1-2H3,(H,29,32)/t26-/m1/s1. The molecule has 0 saturated carbocycles. The minimum absolute atomic E-state index is 0.120. The fourth-order valence-corrected chi connectivity index (χ4v) is 7.78. The first-order valence-corrected chi connectivity index (χ1v) is 15.5. The van der Waals surface area contributed by atoms with E-state index in [-0.39, 0.29) is 21.4 Å². The molecule has 1 amide bonds. The van der Waals surface area contributed by atoms with Crippen LogP contribution in [0.1, 0.15) is 55.1 Å². The lowest BCUT2D eigenvalue weighted by Crippen LogP contribution is -2.38. The van der Waals surface area contributed by atoms with Gasteiger partial charge in [-0.1, -0.05) is 26.3 Å². The first-order valence-electron chi connectivity index (χ1n) is 12.6. The van der Waals surface area contributed by atoms with E-state index < -0.39 is 26.0 Å². The average molecular weight is 557 g/mol. The molecule has 11 heteroatoms. The SMILES string of the molecule is CCN(CC)S(=O)(=O)c1ccc(C(=O)Nc2ccc(S(=O)(=O)N3CCCC[C@@H]3c3cccnc3)cc2)cc1. The molecule has 1 fully saturated rings. The van der Waals surface area contributed by atoms with E-state index in [0.717, 1.165) is 24.8 Å². The van der Waals surface area contributed by atoms with Crippen molar-refractivity contribution >= 4 is 31.6 Å². The van der Waals surface area contributed by atoms with Gasteiger partial charge in [-0.3, -0.25) is 9.78 Å². The van der Waals surface area contributed by atoms with Crippen LogP contribution in [0, 0.1) is 0 Å². The fourth-order valence-electron chi connectivity index (χ4n) is 4.64. The number of carbonyl (C=O) groups excluding carboxylic acids is 1. The van der Waals surface area contributed by atoms with E-state index >= 15 is 0 Å². The minimum atomic E-state index is -3.76. The molecule has 4 rings (SSSR count). The number of sulfonamides is 2. The van der Waals surface area contributed by atoms with Gasteiger partial charge in [-0.25, -0.2) is 16.8 Å². The van der Waals surface area contributed by atoms with Crippen molar-refractivity contribution in [2.24, 2.45) is 0 Å². The number of carbonyl (C=O) groups is 1. The van der Waals surface area contributed by atoms with Gasteiger partial charge in [0, 0.05) is 43.3 Å². The van der Waals surface area contributed by atoms with Gasteiger partial charge in [-0.2, -0.15) is 8.61 Å². The summed E-state index contributed by atoms with van der Waals surface area (Å²) in [5, 5.41) is 2.74. The highest BCUT2D eigenvalue weighted by atomic mass is 32.2. The lowest BCUT2D eigenvalue weighted by atomic mass is 9.99. The van der Waals surface area contributed by atoms with Crippen LogP contribution < -0.4 is 5.32 Å². The van der Waals surface area contributed by atoms with E-state index in [4.69, 9.17) is 0 Å². The number of amides is 1. The van der Waals surface area contributed by atoms with E-state index in [1.807, 2.05) is 12.1 Å². The maximum absolute atomic E-state index is 13.5. The Morgan fingerprint density at radius 3 is 2.21 bits per heavy atom. The highest BCUT2D eigenvalue weighted by Gasteiger charge is 2.34. The van der Waals surface area contributed by atoms with E-state index in [0.29, 0.717) is 25.3 Å². The van der Waals surface area contributed by atoms with Crippen LogP contribution in [-0.2, 0) is 20.0 Å². The molecule has 0 aliphatic carbocycles. The molecule has 0 radical (unpaired) electrons. The van der Waals surface area contributed by atoms with Crippen molar-refractivity contribution in [1.82, 2.24) is 13.6 Å². The van der Waals surface area contributed by atoms with Gasteiger partial charge >= 0.3 is 0 Å². The zero-order valence-electron chi connectivity index (χ0n) is 21.4. The van der Waals surface area contributed by atoms with Gasteiger partial charge in [0.1, 0.15) is 0 Å². The Bertz CT molecular complexity index is 1460. The second-order valence-electron chi connectivity index (χ2n) is 9.01. The lowest BCUT2D eigenvalue weighted by molar-refractivity contribution is 0.102. The molecule has 9 nitrogen and oxygen atoms in total. The highest BCUT2D eigenvalue weighted by Crippen LogP contribution is 2.35. The zero-order chi connectivity index (χ0) is 27.3. The summed E-state index contributed by atoms with van der Waals surface area (Å²) in [4.78, 5) is 17.2. The maximum Gasteiger partial charge on any atom is 0.255 e. The monoisotopic (exact) mass is 556 g/mol. The summed E-state index contributed by atoms with van der Waals surface area (Å²) in [6.45, 7) is 4.68. The van der Waals surface area contributed by atoms with E-state index in [1.165, 1.54) is 45.0 Å². The Morgan fingerprint density at radius 1 is 0.947 bits per heavy atom. The Morgan fingerprint density at radius 2 is 1.61 bits per heavy atom. The van der Waals surface area contributed by atoms with Gasteiger partial charge in [-0.05, 0) is 73.0 Å². The molecule has 0 spiro atoms. The Kier molecular flexibility index (Phi) is 8.61. The van der Waals surface area contributed by atoms with E-state index in [9.17, 15) is 21.6 Å². The summed E-state index contributed by atoms with van der Waals surface area (Å²) in [6.07, 6.45) is 5.84. The van der Waals surface area contributed by atoms with Crippen LogP contribution in [0.2, 0.25) is 0 Å². The third-order valence-electron chi connectivity index (χ3n) is 6.70. The minimum Gasteiger partial charge on any atom is -0.322 e. The molecule has 3 aromatic rings. The summed E-state index contributed by atoms with van der Waals surface area (Å²) in [5.74, 6) is -0.430. The number of nitrogens with one attached hydrogen (secondary N) is 1. The van der Waals surface area contributed by atoms with Crippen molar-refractivity contribution in [3.8, 4) is 0 Å². The molecule has 1 N–H and O–H groups in total. The zero-order valence-corrected chi connectivity index (χ0v) is 23.1. The Hall–Kier alpha value is -3.12. The number of aromatic nitrogens is 1. The second kappa shape index (κ2) is 11.7. The van der Waals surface area contributed by atoms with Gasteiger partial charge in [0.2, 0.25) is 20.0 Å². The molecule has 1 atom stereocenters. The number of anilines is 1. The summed E-state index contributed by atoms with van der Waals surface area (Å²) >= 11 is 0. The normalized spacial score (nSPS) is 16.9. The molecule has 1 aromatic heterocycles. The van der Waals surface area contributed by atoms with Gasteiger partial charge in [-0.15, -0.1) is 0 Å². The molecule has 202 valence electrons. The largest absolute Gasteiger partial charge is 0.322 e. The number of hydrogen-bond acceptors (Lipinski definition) is 6. The van der Waals surface area contributed by atoms with Crippen molar-refractivity contribution in [3.05, 3.63) is 84.2 Å². The van der Waals surface area contributed by atoms with Crippen LogP contribution >= 0.6 is 0 Å². The van der Waals surface area contributed by atoms with Crippen LogP contribution in [0.5, 0.6) is 0 Å². The lowest BCUT2D eigenvalue weighted by Gasteiger charge is -2.34. The fraction of sp³-hybridized carbons (Fsp3) is 0.333. The first-order chi connectivity index (χ1) is 18.2. The molecule has 1 aliphatic rings. The molecular weight excluding hydrogens is 524 g/mol. The molecule has 0 unspecified atom stereocenters. The van der Waals surface area contributed by atoms with Gasteiger partial charge in [0.05, 0.1) is 15.8 Å². The average Bonchev–Trinajstić information content (AvgIpc) is 2.94. The molecule has 0 bridgehead atoms. The van der Waals surface area contributed by atoms with Crippen LogP contribution in [0.3, 0.4) is 0 Å². The molecular formula is C27H32N4O5S2. The van der Waals surface area contributed by atoms with Crippen molar-refractivity contribution in [2.45, 2.75) is 48.9 Å². The van der Waals surface area contributed by atoms with Crippen LogP contribution in [0.15, 0.2) is 82.8 Å². The summed E-state index contributed by atoms with van der Waals surface area (Å²) in [6, 6.07) is 15.2. The molecule has 1 saturated heterocycles. The van der Waals surface area contributed by atoms with Crippen LogP contribution in [0.25, 0.3) is 0 Å². The highest BCUT2D eigenvalue weighted by molar-refractivity contribution is 7.89. The van der Waals surface area contributed by atoms with Crippen molar-refractivity contribution < 1.29 is 21.6 Å². The molecule has 2 heterocycles.